The van der Waals surface area contributed by atoms with Gasteiger partial charge in [-0.2, -0.15) is 5.26 Å². The molecule has 1 aromatic heterocycles. The largest absolute Gasteiger partial charge is 0.497 e. The van der Waals surface area contributed by atoms with E-state index in [0.717, 1.165) is 40.2 Å². The van der Waals surface area contributed by atoms with Gasteiger partial charge >= 0.3 is 0 Å². The van der Waals surface area contributed by atoms with E-state index in [9.17, 15) is 0 Å². The Hall–Kier alpha value is -2.78. The predicted octanol–water partition coefficient (Wildman–Crippen LogP) is 4.14. The molecule has 126 valence electrons. The first kappa shape index (κ1) is 17.1. The van der Waals surface area contributed by atoms with Gasteiger partial charge in [-0.3, -0.25) is 0 Å². The van der Waals surface area contributed by atoms with Gasteiger partial charge in [-0.05, 0) is 48.9 Å². The summed E-state index contributed by atoms with van der Waals surface area (Å²) < 4.78 is 7.31. The Kier molecular flexibility index (Phi) is 5.36. The molecule has 0 saturated carbocycles. The maximum absolute atomic E-state index is 8.86. The van der Waals surface area contributed by atoms with Gasteiger partial charge < -0.3 is 9.30 Å². The lowest BCUT2D eigenvalue weighted by atomic mass is 10.2. The molecule has 0 N–H and O–H groups in total. The molecule has 25 heavy (non-hydrogen) atoms. The lowest BCUT2D eigenvalue weighted by molar-refractivity contribution is 0.415. The van der Waals surface area contributed by atoms with Crippen molar-refractivity contribution in [2.24, 2.45) is 0 Å². The molecule has 3 aromatic rings. The van der Waals surface area contributed by atoms with Crippen molar-refractivity contribution in [2.45, 2.75) is 24.4 Å². The normalized spacial score (nSPS) is 10.4. The minimum Gasteiger partial charge on any atom is -0.497 e. The number of ether oxygens (including phenoxy) is 1. The van der Waals surface area contributed by atoms with Crippen molar-refractivity contribution in [1.82, 2.24) is 14.8 Å². The topological polar surface area (TPSA) is 63.7 Å². The van der Waals surface area contributed by atoms with Crippen molar-refractivity contribution in [1.29, 1.82) is 5.26 Å². The van der Waals surface area contributed by atoms with Gasteiger partial charge in [-0.15, -0.1) is 10.2 Å². The van der Waals surface area contributed by atoms with Crippen LogP contribution in [0.3, 0.4) is 0 Å². The highest BCUT2D eigenvalue weighted by Gasteiger charge is 2.13. The summed E-state index contributed by atoms with van der Waals surface area (Å²) in [6.07, 6.45) is 0. The summed E-state index contributed by atoms with van der Waals surface area (Å²) in [7, 11) is 1.65. The third-order valence-electron chi connectivity index (χ3n) is 3.83. The molecule has 0 aliphatic heterocycles. The summed E-state index contributed by atoms with van der Waals surface area (Å²) in [6.45, 7) is 2.88. The van der Waals surface area contributed by atoms with Crippen LogP contribution in [0.4, 0.5) is 0 Å². The quantitative estimate of drug-likeness (QED) is 0.625. The number of nitriles is 1. The van der Waals surface area contributed by atoms with E-state index in [-0.39, 0.29) is 0 Å². The van der Waals surface area contributed by atoms with E-state index in [2.05, 4.69) is 27.8 Å². The van der Waals surface area contributed by atoms with Gasteiger partial charge in [-0.1, -0.05) is 23.9 Å². The van der Waals surface area contributed by atoms with Crippen LogP contribution in [0.15, 0.2) is 53.7 Å². The first-order valence-electron chi connectivity index (χ1n) is 7.94. The highest BCUT2D eigenvalue weighted by atomic mass is 32.2. The van der Waals surface area contributed by atoms with E-state index in [1.807, 2.05) is 48.5 Å². The van der Waals surface area contributed by atoms with Gasteiger partial charge in [-0.25, -0.2) is 0 Å². The highest BCUT2D eigenvalue weighted by Crippen LogP contribution is 2.27. The monoisotopic (exact) mass is 350 g/mol. The molecule has 0 atom stereocenters. The van der Waals surface area contributed by atoms with Crippen LogP contribution in [-0.2, 0) is 12.3 Å². The summed E-state index contributed by atoms with van der Waals surface area (Å²) in [5, 5.41) is 18.5. The smallest absolute Gasteiger partial charge is 0.191 e. The average molecular weight is 350 g/mol. The maximum atomic E-state index is 8.86. The van der Waals surface area contributed by atoms with Gasteiger partial charge in [0.15, 0.2) is 11.0 Å². The molecule has 0 aliphatic carbocycles. The van der Waals surface area contributed by atoms with Crippen LogP contribution in [0.5, 0.6) is 5.75 Å². The third kappa shape index (κ3) is 3.83. The Morgan fingerprint density at radius 2 is 1.80 bits per heavy atom. The number of benzene rings is 2. The van der Waals surface area contributed by atoms with Crippen LogP contribution in [0.1, 0.15) is 18.1 Å². The molecule has 0 amide bonds. The van der Waals surface area contributed by atoms with Crippen molar-refractivity contribution in [2.75, 3.05) is 7.11 Å². The molecule has 0 aliphatic rings. The Labute approximate surface area is 151 Å². The van der Waals surface area contributed by atoms with E-state index in [1.54, 1.807) is 18.9 Å². The molecular weight excluding hydrogens is 332 g/mol. The summed E-state index contributed by atoms with van der Waals surface area (Å²) in [6, 6.07) is 17.6. The second kappa shape index (κ2) is 7.86. The molecule has 0 radical (unpaired) electrons. The van der Waals surface area contributed by atoms with Crippen LogP contribution in [0.2, 0.25) is 0 Å². The van der Waals surface area contributed by atoms with E-state index in [1.165, 1.54) is 0 Å². The molecule has 0 saturated heterocycles. The summed E-state index contributed by atoms with van der Waals surface area (Å²) in [5.41, 5.74) is 2.84. The summed E-state index contributed by atoms with van der Waals surface area (Å²) in [4.78, 5) is 0. The van der Waals surface area contributed by atoms with Gasteiger partial charge in [0, 0.05) is 17.9 Å². The molecule has 3 rings (SSSR count). The van der Waals surface area contributed by atoms with Crippen molar-refractivity contribution in [3.63, 3.8) is 0 Å². The first-order chi connectivity index (χ1) is 12.2. The summed E-state index contributed by atoms with van der Waals surface area (Å²) >= 11 is 1.64. The van der Waals surface area contributed by atoms with Crippen LogP contribution in [0.25, 0.3) is 11.4 Å². The van der Waals surface area contributed by atoms with E-state index >= 15 is 0 Å². The lowest BCUT2D eigenvalue weighted by Crippen LogP contribution is -2.00. The van der Waals surface area contributed by atoms with Gasteiger partial charge in [0.05, 0.1) is 18.7 Å². The Bertz CT molecular complexity index is 879. The molecule has 0 unspecified atom stereocenters. The minimum absolute atomic E-state index is 0.673. The maximum Gasteiger partial charge on any atom is 0.191 e. The third-order valence-corrected chi connectivity index (χ3v) is 4.87. The first-order valence-corrected chi connectivity index (χ1v) is 8.93. The fourth-order valence-electron chi connectivity index (χ4n) is 2.46. The molecular formula is C19H18N4OS. The Balaban J connectivity index is 1.78. The number of hydrogen-bond acceptors (Lipinski definition) is 5. The van der Waals surface area contributed by atoms with Gasteiger partial charge in [0.2, 0.25) is 0 Å². The fraction of sp³-hybridized carbons (Fsp3) is 0.211. The number of methoxy groups -OCH3 is 1. The summed E-state index contributed by atoms with van der Waals surface area (Å²) in [5.74, 6) is 2.46. The van der Waals surface area contributed by atoms with Crippen molar-refractivity contribution in [3.05, 3.63) is 59.7 Å². The molecule has 0 bridgehead atoms. The zero-order valence-electron chi connectivity index (χ0n) is 14.1. The average Bonchev–Trinajstić information content (AvgIpc) is 3.09. The van der Waals surface area contributed by atoms with Gasteiger partial charge in [0.25, 0.3) is 0 Å². The zero-order chi connectivity index (χ0) is 17.6. The van der Waals surface area contributed by atoms with Crippen LogP contribution in [-0.4, -0.2) is 21.9 Å². The Morgan fingerprint density at radius 1 is 1.08 bits per heavy atom. The van der Waals surface area contributed by atoms with E-state index < -0.39 is 0 Å². The number of nitrogens with zero attached hydrogens (tertiary/aromatic N) is 4. The standard InChI is InChI=1S/C19H18N4OS/c1-3-23-18(16-8-10-17(24-2)11-9-16)21-22-19(23)25-13-15-6-4-14(12-20)5-7-15/h4-11H,3,13H2,1-2H3. The lowest BCUT2D eigenvalue weighted by Gasteiger charge is -2.08. The Morgan fingerprint density at radius 3 is 2.40 bits per heavy atom. The minimum atomic E-state index is 0.673. The van der Waals surface area contributed by atoms with Crippen LogP contribution < -0.4 is 4.74 Å². The SMILES string of the molecule is CCn1c(SCc2ccc(C#N)cc2)nnc1-c1ccc(OC)cc1. The number of rotatable bonds is 6. The molecule has 6 heteroatoms. The number of hydrogen-bond donors (Lipinski definition) is 0. The second-order valence-corrected chi connectivity index (χ2v) is 6.32. The molecule has 2 aromatic carbocycles. The van der Waals surface area contributed by atoms with Gasteiger partial charge in [0.1, 0.15) is 5.75 Å². The zero-order valence-corrected chi connectivity index (χ0v) is 15.0. The van der Waals surface area contributed by atoms with Crippen molar-refractivity contribution in [3.8, 4) is 23.2 Å². The molecule has 0 spiro atoms. The molecule has 1 heterocycles. The molecule has 0 fully saturated rings. The fourth-order valence-corrected chi connectivity index (χ4v) is 3.42. The van der Waals surface area contributed by atoms with Crippen LogP contribution in [0, 0.1) is 11.3 Å². The predicted molar refractivity (Wildman–Crippen MR) is 98.4 cm³/mol. The van der Waals surface area contributed by atoms with Crippen molar-refractivity contribution >= 4 is 11.8 Å². The molecule has 5 nitrogen and oxygen atoms in total. The highest BCUT2D eigenvalue weighted by molar-refractivity contribution is 7.98. The number of thioether (sulfide) groups is 1. The van der Waals surface area contributed by atoms with Crippen LogP contribution >= 0.6 is 11.8 Å². The number of aromatic nitrogens is 3. The van der Waals surface area contributed by atoms with Crippen molar-refractivity contribution < 1.29 is 4.74 Å². The second-order valence-electron chi connectivity index (χ2n) is 5.38. The van der Waals surface area contributed by atoms with E-state index in [4.69, 9.17) is 10.00 Å². The van der Waals surface area contributed by atoms with E-state index in [0.29, 0.717) is 5.56 Å².